The molecule has 1 unspecified atom stereocenters. The Morgan fingerprint density at radius 3 is 2.81 bits per heavy atom. The summed E-state index contributed by atoms with van der Waals surface area (Å²) in [7, 11) is 1.76. The van der Waals surface area contributed by atoms with Crippen LogP contribution < -0.4 is 10.7 Å². The molecule has 2 heterocycles. The molecule has 3 rings (SSSR count). The topological polar surface area (TPSA) is 85.7 Å². The lowest BCUT2D eigenvalue weighted by Crippen LogP contribution is -2.41. The van der Waals surface area contributed by atoms with Crippen LogP contribution in [0.4, 0.5) is 5.82 Å². The van der Waals surface area contributed by atoms with Gasteiger partial charge < -0.3 is 20.7 Å². The maximum absolute atomic E-state index is 10.4. The van der Waals surface area contributed by atoms with Crippen LogP contribution in [-0.2, 0) is 0 Å². The predicted molar refractivity (Wildman–Crippen MR) is 103 cm³/mol. The maximum Gasteiger partial charge on any atom is 0.138 e. The van der Waals surface area contributed by atoms with Crippen molar-refractivity contribution < 1.29 is 5.11 Å². The number of hydrazone groups is 1. The van der Waals surface area contributed by atoms with Gasteiger partial charge in [0.2, 0.25) is 0 Å². The molecule has 0 amide bonds. The molecule has 1 aromatic carbocycles. The van der Waals surface area contributed by atoms with Crippen LogP contribution in [0.1, 0.15) is 30.1 Å². The molecule has 0 saturated carbocycles. The van der Waals surface area contributed by atoms with E-state index in [-0.39, 0.29) is 0 Å². The average Bonchev–Trinajstić information content (AvgIpc) is 2.69. The van der Waals surface area contributed by atoms with E-state index >= 15 is 0 Å². The zero-order chi connectivity index (χ0) is 18.2. The lowest BCUT2D eigenvalue weighted by atomic mass is 10.0. The van der Waals surface area contributed by atoms with Gasteiger partial charge >= 0.3 is 0 Å². The van der Waals surface area contributed by atoms with Gasteiger partial charge in [0.15, 0.2) is 0 Å². The van der Waals surface area contributed by atoms with Crippen molar-refractivity contribution in [3.8, 4) is 0 Å². The second-order valence-corrected chi connectivity index (χ2v) is 6.45. The molecule has 7 nitrogen and oxygen atoms in total. The molecule has 138 valence electrons. The Balaban J connectivity index is 1.51. The van der Waals surface area contributed by atoms with Gasteiger partial charge in [-0.2, -0.15) is 5.10 Å². The Morgan fingerprint density at radius 2 is 2.08 bits per heavy atom. The highest BCUT2D eigenvalue weighted by Crippen LogP contribution is 2.20. The predicted octanol–water partition coefficient (Wildman–Crippen LogP) is 1.64. The molecule has 1 aliphatic heterocycles. The summed E-state index contributed by atoms with van der Waals surface area (Å²) in [5.41, 5.74) is 4.58. The number of aliphatic hydroxyl groups is 1. The van der Waals surface area contributed by atoms with E-state index in [1.54, 1.807) is 25.8 Å². The number of rotatable bonds is 7. The van der Waals surface area contributed by atoms with E-state index in [1.165, 1.54) is 0 Å². The lowest BCUT2D eigenvalue weighted by Gasteiger charge is -2.33. The lowest BCUT2D eigenvalue weighted by molar-refractivity contribution is 0.0991. The minimum atomic E-state index is -0.438. The highest BCUT2D eigenvalue weighted by atomic mass is 16.3. The van der Waals surface area contributed by atoms with Crippen LogP contribution in [-0.4, -0.2) is 58.9 Å². The first-order chi connectivity index (χ1) is 12.8. The van der Waals surface area contributed by atoms with Crippen LogP contribution >= 0.6 is 0 Å². The van der Waals surface area contributed by atoms with Gasteiger partial charge in [0, 0.05) is 38.9 Å². The number of benzene rings is 1. The van der Waals surface area contributed by atoms with Crippen molar-refractivity contribution in [3.05, 3.63) is 54.0 Å². The third-order valence-electron chi connectivity index (χ3n) is 4.62. The fourth-order valence-electron chi connectivity index (χ4n) is 3.17. The standard InChI is InChI=1S/C19H26N6O/c1-20-23-12-16-11-21-14-22-19(16)24-17-7-9-25(10-8-17)13-18(26)15-5-3-2-4-6-15/h2-6,11-12,14,17-18,20,26H,7-10,13H2,1H3,(H,21,22,24)/b23-12-. The van der Waals surface area contributed by atoms with Crippen molar-refractivity contribution in [1.29, 1.82) is 0 Å². The number of likely N-dealkylation sites (tertiary alicyclic amines) is 1. The van der Waals surface area contributed by atoms with Crippen LogP contribution in [0.15, 0.2) is 48.0 Å². The van der Waals surface area contributed by atoms with Crippen molar-refractivity contribution in [2.45, 2.75) is 25.0 Å². The van der Waals surface area contributed by atoms with Gasteiger partial charge in [-0.15, -0.1) is 0 Å². The van der Waals surface area contributed by atoms with E-state index in [0.29, 0.717) is 12.6 Å². The van der Waals surface area contributed by atoms with Crippen LogP contribution in [0.25, 0.3) is 0 Å². The molecule has 1 aromatic heterocycles. The van der Waals surface area contributed by atoms with Gasteiger partial charge in [0.25, 0.3) is 0 Å². The molecule has 26 heavy (non-hydrogen) atoms. The molecule has 3 N–H and O–H groups in total. The number of piperidine rings is 1. The minimum absolute atomic E-state index is 0.358. The number of hydrogen-bond acceptors (Lipinski definition) is 7. The van der Waals surface area contributed by atoms with Crippen molar-refractivity contribution in [3.63, 3.8) is 0 Å². The zero-order valence-electron chi connectivity index (χ0n) is 15.0. The van der Waals surface area contributed by atoms with Crippen LogP contribution in [0.5, 0.6) is 0 Å². The molecule has 0 spiro atoms. The SMILES string of the molecule is CN/N=C\c1cncnc1NC1CCN(CC(O)c2ccccc2)CC1. The Kier molecular flexibility index (Phi) is 6.51. The third-order valence-corrected chi connectivity index (χ3v) is 4.62. The Hall–Kier alpha value is -2.51. The van der Waals surface area contributed by atoms with E-state index < -0.39 is 6.10 Å². The molecule has 0 bridgehead atoms. The minimum Gasteiger partial charge on any atom is -0.387 e. The summed E-state index contributed by atoms with van der Waals surface area (Å²) < 4.78 is 0. The average molecular weight is 354 g/mol. The maximum atomic E-state index is 10.4. The third kappa shape index (κ3) is 5.00. The summed E-state index contributed by atoms with van der Waals surface area (Å²) in [6.45, 7) is 2.57. The summed E-state index contributed by atoms with van der Waals surface area (Å²) in [6.07, 6.45) is 6.59. The fraction of sp³-hybridized carbons (Fsp3) is 0.421. The van der Waals surface area contributed by atoms with Crippen LogP contribution in [0, 0.1) is 0 Å². The summed E-state index contributed by atoms with van der Waals surface area (Å²) in [4.78, 5) is 10.7. The van der Waals surface area contributed by atoms with Gasteiger partial charge in [-0.1, -0.05) is 30.3 Å². The summed E-state index contributed by atoms with van der Waals surface area (Å²) in [5.74, 6) is 0.807. The van der Waals surface area contributed by atoms with Crippen molar-refractivity contribution in [2.24, 2.45) is 5.10 Å². The first kappa shape index (κ1) is 18.3. The normalized spacial score (nSPS) is 17.3. The number of aromatic nitrogens is 2. The van der Waals surface area contributed by atoms with E-state index in [0.717, 1.165) is 42.9 Å². The monoisotopic (exact) mass is 354 g/mol. The Bertz CT molecular complexity index is 700. The summed E-state index contributed by atoms with van der Waals surface area (Å²) in [6, 6.07) is 10.2. The largest absolute Gasteiger partial charge is 0.387 e. The van der Waals surface area contributed by atoms with E-state index in [9.17, 15) is 5.11 Å². The number of anilines is 1. The van der Waals surface area contributed by atoms with Gasteiger partial charge in [-0.25, -0.2) is 9.97 Å². The Labute approximate surface area is 154 Å². The van der Waals surface area contributed by atoms with Crippen LogP contribution in [0.3, 0.4) is 0 Å². The van der Waals surface area contributed by atoms with E-state index in [2.05, 4.69) is 30.7 Å². The van der Waals surface area contributed by atoms with E-state index in [4.69, 9.17) is 0 Å². The first-order valence-corrected chi connectivity index (χ1v) is 8.98. The van der Waals surface area contributed by atoms with Gasteiger partial charge in [-0.3, -0.25) is 0 Å². The number of nitrogens with one attached hydrogen (secondary N) is 2. The van der Waals surface area contributed by atoms with E-state index in [1.807, 2.05) is 30.3 Å². The molecule has 1 fully saturated rings. The molecular formula is C19H26N6O. The molecule has 0 aliphatic carbocycles. The quantitative estimate of drug-likeness (QED) is 0.518. The number of aliphatic hydroxyl groups excluding tert-OH is 1. The second kappa shape index (κ2) is 9.26. The molecular weight excluding hydrogens is 328 g/mol. The molecule has 1 aliphatic rings. The first-order valence-electron chi connectivity index (χ1n) is 8.98. The number of nitrogens with zero attached hydrogens (tertiary/aromatic N) is 4. The molecule has 0 radical (unpaired) electrons. The zero-order valence-corrected chi connectivity index (χ0v) is 15.0. The molecule has 2 aromatic rings. The van der Waals surface area contributed by atoms with Gasteiger partial charge in [0.1, 0.15) is 12.1 Å². The second-order valence-electron chi connectivity index (χ2n) is 6.45. The number of hydrogen-bond donors (Lipinski definition) is 3. The van der Waals surface area contributed by atoms with Gasteiger partial charge in [0.05, 0.1) is 17.9 Å². The highest BCUT2D eigenvalue weighted by molar-refractivity contribution is 5.85. The van der Waals surface area contributed by atoms with Crippen LogP contribution in [0.2, 0.25) is 0 Å². The van der Waals surface area contributed by atoms with Crippen molar-refractivity contribution in [1.82, 2.24) is 20.3 Å². The summed E-state index contributed by atoms with van der Waals surface area (Å²) >= 11 is 0. The molecule has 1 saturated heterocycles. The highest BCUT2D eigenvalue weighted by Gasteiger charge is 2.22. The van der Waals surface area contributed by atoms with Gasteiger partial charge in [-0.05, 0) is 18.4 Å². The summed E-state index contributed by atoms with van der Waals surface area (Å²) in [5, 5.41) is 17.9. The number of β-amino-alcohol motifs (C(OH)–C–C–N with tert-alkyl or cyclic N) is 1. The molecule has 7 heteroatoms. The fourth-order valence-corrected chi connectivity index (χ4v) is 3.17. The Morgan fingerprint density at radius 1 is 1.31 bits per heavy atom. The smallest absolute Gasteiger partial charge is 0.138 e. The van der Waals surface area contributed by atoms with Crippen molar-refractivity contribution in [2.75, 3.05) is 32.0 Å². The van der Waals surface area contributed by atoms with Crippen molar-refractivity contribution >= 4 is 12.0 Å². The molecule has 1 atom stereocenters.